The molecule has 0 saturated carbocycles. The van der Waals surface area contributed by atoms with E-state index in [-0.39, 0.29) is 5.54 Å². The second-order valence-electron chi connectivity index (χ2n) is 4.22. The zero-order valence-electron chi connectivity index (χ0n) is 10.6. The Morgan fingerprint density at radius 2 is 2.00 bits per heavy atom. The zero-order valence-corrected chi connectivity index (χ0v) is 13.7. The Kier molecular flexibility index (Phi) is 6.78. The van der Waals surface area contributed by atoms with Crippen LogP contribution in [0.15, 0.2) is 22.7 Å². The molecule has 0 aliphatic rings. The van der Waals surface area contributed by atoms with Crippen LogP contribution >= 0.6 is 39.1 Å². The molecule has 1 aromatic rings. The third-order valence-corrected chi connectivity index (χ3v) is 4.71. The van der Waals surface area contributed by atoms with Gasteiger partial charge < -0.3 is 10.1 Å². The molecule has 0 aliphatic heterocycles. The maximum Gasteiger partial charge on any atom is 0.133 e. The first-order valence-electron chi connectivity index (χ1n) is 5.80. The SMILES string of the molecule is CCC(CCl)(CCl)NCc1ccc(OC)c(Br)c1. The summed E-state index contributed by atoms with van der Waals surface area (Å²) in [6.45, 7) is 2.82. The number of hydrogen-bond donors (Lipinski definition) is 1. The van der Waals surface area contributed by atoms with E-state index in [9.17, 15) is 0 Å². The average Bonchev–Trinajstić information content (AvgIpc) is 2.41. The van der Waals surface area contributed by atoms with Gasteiger partial charge in [-0.3, -0.25) is 0 Å². The molecular weight excluding hydrogens is 337 g/mol. The lowest BCUT2D eigenvalue weighted by Gasteiger charge is -2.29. The number of nitrogens with one attached hydrogen (secondary N) is 1. The number of alkyl halides is 2. The molecule has 0 amide bonds. The van der Waals surface area contributed by atoms with E-state index < -0.39 is 0 Å². The smallest absolute Gasteiger partial charge is 0.133 e. The highest BCUT2D eigenvalue weighted by Crippen LogP contribution is 2.26. The van der Waals surface area contributed by atoms with Crippen molar-refractivity contribution in [3.8, 4) is 5.75 Å². The maximum atomic E-state index is 5.99. The monoisotopic (exact) mass is 353 g/mol. The maximum absolute atomic E-state index is 5.99. The van der Waals surface area contributed by atoms with Crippen LogP contribution in [0.3, 0.4) is 0 Å². The third kappa shape index (κ3) is 4.02. The number of ether oxygens (including phenoxy) is 1. The fourth-order valence-corrected chi connectivity index (χ4v) is 2.99. The molecule has 0 saturated heterocycles. The van der Waals surface area contributed by atoms with Crippen molar-refractivity contribution >= 4 is 39.1 Å². The molecule has 0 bridgehead atoms. The van der Waals surface area contributed by atoms with Gasteiger partial charge in [-0.15, -0.1) is 23.2 Å². The van der Waals surface area contributed by atoms with Gasteiger partial charge >= 0.3 is 0 Å². The van der Waals surface area contributed by atoms with E-state index >= 15 is 0 Å². The molecule has 1 rings (SSSR count). The average molecular weight is 355 g/mol. The molecule has 0 unspecified atom stereocenters. The highest BCUT2D eigenvalue weighted by molar-refractivity contribution is 9.10. The zero-order chi connectivity index (χ0) is 13.6. The molecule has 2 nitrogen and oxygen atoms in total. The molecule has 18 heavy (non-hydrogen) atoms. The van der Waals surface area contributed by atoms with Gasteiger partial charge in [0.15, 0.2) is 0 Å². The van der Waals surface area contributed by atoms with Crippen molar-refractivity contribution in [1.82, 2.24) is 5.32 Å². The summed E-state index contributed by atoms with van der Waals surface area (Å²) < 4.78 is 6.15. The molecule has 1 N–H and O–H groups in total. The predicted octanol–water partition coefficient (Wildman–Crippen LogP) is 4.17. The van der Waals surface area contributed by atoms with Gasteiger partial charge in [0.05, 0.1) is 11.6 Å². The minimum Gasteiger partial charge on any atom is -0.496 e. The quantitative estimate of drug-likeness (QED) is 0.742. The van der Waals surface area contributed by atoms with Crippen molar-refractivity contribution in [2.45, 2.75) is 25.4 Å². The first-order valence-corrected chi connectivity index (χ1v) is 7.66. The van der Waals surface area contributed by atoms with Crippen LogP contribution in [-0.4, -0.2) is 24.4 Å². The molecule has 0 heterocycles. The molecule has 0 atom stereocenters. The second kappa shape index (κ2) is 7.59. The van der Waals surface area contributed by atoms with Gasteiger partial charge in [-0.05, 0) is 40.0 Å². The topological polar surface area (TPSA) is 21.3 Å². The molecule has 5 heteroatoms. The molecule has 0 fully saturated rings. The van der Waals surface area contributed by atoms with E-state index in [0.717, 1.165) is 28.8 Å². The summed E-state index contributed by atoms with van der Waals surface area (Å²) in [5.74, 6) is 1.84. The van der Waals surface area contributed by atoms with Crippen LogP contribution in [-0.2, 0) is 6.54 Å². The third-order valence-electron chi connectivity index (χ3n) is 3.07. The van der Waals surface area contributed by atoms with Crippen LogP contribution in [0.1, 0.15) is 18.9 Å². The Hall–Kier alpha value is 0.0400. The molecule has 0 aromatic heterocycles. The van der Waals surface area contributed by atoms with Crippen molar-refractivity contribution in [1.29, 1.82) is 0 Å². The van der Waals surface area contributed by atoms with Crippen molar-refractivity contribution in [2.24, 2.45) is 0 Å². The van der Waals surface area contributed by atoms with E-state index in [1.165, 1.54) is 0 Å². The van der Waals surface area contributed by atoms with Crippen LogP contribution in [0, 0.1) is 0 Å². The standard InChI is InChI=1S/C13H18BrCl2NO/c1-3-13(8-15,9-16)17-7-10-4-5-12(18-2)11(14)6-10/h4-6,17H,3,7-9H2,1-2H3. The minimum atomic E-state index is -0.199. The van der Waals surface area contributed by atoms with Gasteiger partial charge in [-0.1, -0.05) is 13.0 Å². The van der Waals surface area contributed by atoms with E-state index in [0.29, 0.717) is 11.8 Å². The number of halogens is 3. The molecule has 0 aliphatic carbocycles. The molecule has 1 aromatic carbocycles. The van der Waals surface area contributed by atoms with Crippen molar-refractivity contribution in [2.75, 3.05) is 18.9 Å². The Morgan fingerprint density at radius 3 is 2.44 bits per heavy atom. The fraction of sp³-hybridized carbons (Fsp3) is 0.538. The van der Waals surface area contributed by atoms with Crippen molar-refractivity contribution in [3.63, 3.8) is 0 Å². The number of rotatable bonds is 7. The van der Waals surface area contributed by atoms with Crippen LogP contribution in [0.5, 0.6) is 5.75 Å². The van der Waals surface area contributed by atoms with Crippen LogP contribution in [0.25, 0.3) is 0 Å². The van der Waals surface area contributed by atoms with Crippen LogP contribution in [0.2, 0.25) is 0 Å². The normalized spacial score (nSPS) is 11.6. The van der Waals surface area contributed by atoms with E-state index in [1.54, 1.807) is 7.11 Å². The predicted molar refractivity (Wildman–Crippen MR) is 82.0 cm³/mol. The van der Waals surface area contributed by atoms with Gasteiger partial charge in [0.25, 0.3) is 0 Å². The number of benzene rings is 1. The van der Waals surface area contributed by atoms with Gasteiger partial charge in [0.1, 0.15) is 5.75 Å². The fourth-order valence-electron chi connectivity index (χ4n) is 1.55. The van der Waals surface area contributed by atoms with Crippen LogP contribution in [0.4, 0.5) is 0 Å². The highest BCUT2D eigenvalue weighted by Gasteiger charge is 2.25. The molecular formula is C13H18BrCl2NO. The van der Waals surface area contributed by atoms with Gasteiger partial charge in [-0.25, -0.2) is 0 Å². The summed E-state index contributed by atoms with van der Waals surface area (Å²) in [7, 11) is 1.65. The largest absolute Gasteiger partial charge is 0.496 e. The Morgan fingerprint density at radius 1 is 1.33 bits per heavy atom. The number of methoxy groups -OCH3 is 1. The highest BCUT2D eigenvalue weighted by atomic mass is 79.9. The first-order chi connectivity index (χ1) is 8.60. The summed E-state index contributed by atoms with van der Waals surface area (Å²) in [6.07, 6.45) is 0.900. The van der Waals surface area contributed by atoms with Gasteiger partial charge in [-0.2, -0.15) is 0 Å². The number of hydrogen-bond acceptors (Lipinski definition) is 2. The second-order valence-corrected chi connectivity index (χ2v) is 5.61. The summed E-state index contributed by atoms with van der Waals surface area (Å²) in [5, 5.41) is 3.44. The minimum absolute atomic E-state index is 0.199. The lowest BCUT2D eigenvalue weighted by Crippen LogP contribution is -2.47. The summed E-state index contributed by atoms with van der Waals surface area (Å²) in [6, 6.07) is 6.00. The molecule has 0 radical (unpaired) electrons. The first kappa shape index (κ1) is 16.1. The Labute approximate surface area is 127 Å². The molecule has 102 valence electrons. The van der Waals surface area contributed by atoms with Crippen molar-refractivity contribution in [3.05, 3.63) is 28.2 Å². The van der Waals surface area contributed by atoms with E-state index in [1.807, 2.05) is 18.2 Å². The molecule has 0 spiro atoms. The Balaban J connectivity index is 2.71. The van der Waals surface area contributed by atoms with E-state index in [4.69, 9.17) is 27.9 Å². The van der Waals surface area contributed by atoms with Crippen molar-refractivity contribution < 1.29 is 4.74 Å². The lowest BCUT2D eigenvalue weighted by atomic mass is 10.0. The summed E-state index contributed by atoms with van der Waals surface area (Å²) in [4.78, 5) is 0. The Bertz CT molecular complexity index is 375. The van der Waals surface area contributed by atoms with Crippen LogP contribution < -0.4 is 10.1 Å². The summed E-state index contributed by atoms with van der Waals surface area (Å²) >= 11 is 15.5. The van der Waals surface area contributed by atoms with Gasteiger partial charge in [0, 0.05) is 23.8 Å². The van der Waals surface area contributed by atoms with E-state index in [2.05, 4.69) is 28.2 Å². The summed E-state index contributed by atoms with van der Waals surface area (Å²) in [5.41, 5.74) is 0.964. The van der Waals surface area contributed by atoms with Gasteiger partial charge in [0.2, 0.25) is 0 Å². The lowest BCUT2D eigenvalue weighted by molar-refractivity contribution is 0.384.